The van der Waals surface area contributed by atoms with Crippen molar-refractivity contribution in [3.63, 3.8) is 0 Å². The van der Waals surface area contributed by atoms with Crippen molar-refractivity contribution in [3.05, 3.63) is 11.8 Å². The van der Waals surface area contributed by atoms with Gasteiger partial charge in [0.15, 0.2) is 19.7 Å². The van der Waals surface area contributed by atoms with Crippen LogP contribution in [-0.4, -0.2) is 46.0 Å². The van der Waals surface area contributed by atoms with Gasteiger partial charge in [-0.1, -0.05) is 0 Å². The van der Waals surface area contributed by atoms with Gasteiger partial charge in [-0.05, 0) is 19.4 Å². The Morgan fingerprint density at radius 3 is 2.44 bits per heavy atom. The van der Waals surface area contributed by atoms with Gasteiger partial charge in [0.05, 0.1) is 23.5 Å². The quantitative estimate of drug-likeness (QED) is 0.680. The third kappa shape index (κ3) is 3.79. The lowest BCUT2D eigenvalue weighted by molar-refractivity contribution is 0.248. The first-order valence-corrected chi connectivity index (χ1v) is 8.43. The number of ether oxygens (including phenoxy) is 1. The van der Waals surface area contributed by atoms with Gasteiger partial charge in [-0.25, -0.2) is 16.8 Å². The molecule has 0 aromatic rings. The monoisotopic (exact) mass is 268 g/mol. The van der Waals surface area contributed by atoms with Gasteiger partial charge in [-0.2, -0.15) is 0 Å². The molecule has 1 heterocycles. The molecule has 1 aliphatic heterocycles. The largest absolute Gasteiger partial charge is 0.500 e. The van der Waals surface area contributed by atoms with Crippen LogP contribution in [0.1, 0.15) is 13.8 Å². The summed E-state index contributed by atoms with van der Waals surface area (Å²) in [4.78, 5) is 0. The second-order valence-corrected chi connectivity index (χ2v) is 8.76. The number of hydrogen-bond acceptors (Lipinski definition) is 5. The smallest absolute Gasteiger partial charge is 0.158 e. The van der Waals surface area contributed by atoms with Gasteiger partial charge in [-0.3, -0.25) is 0 Å². The molecule has 0 amide bonds. The molecule has 7 heteroatoms. The molecule has 0 aromatic carbocycles. The van der Waals surface area contributed by atoms with Gasteiger partial charge in [0, 0.05) is 0 Å². The first kappa shape index (κ1) is 13.5. The fraction of sp³-hybridized carbons (Fsp3) is 0.778. The number of hydrogen-bond donors (Lipinski definition) is 0. The molecule has 1 rings (SSSR count). The van der Waals surface area contributed by atoms with Crippen LogP contribution in [0.4, 0.5) is 0 Å². The van der Waals surface area contributed by atoms with E-state index < -0.39 is 24.9 Å². The topological polar surface area (TPSA) is 77.5 Å². The van der Waals surface area contributed by atoms with Crippen molar-refractivity contribution in [1.29, 1.82) is 0 Å². The number of allylic oxidation sites excluding steroid dienone is 1. The van der Waals surface area contributed by atoms with E-state index in [0.29, 0.717) is 0 Å². The van der Waals surface area contributed by atoms with E-state index in [9.17, 15) is 16.8 Å². The molecule has 0 aliphatic carbocycles. The van der Waals surface area contributed by atoms with E-state index >= 15 is 0 Å². The van der Waals surface area contributed by atoms with Crippen LogP contribution in [0.2, 0.25) is 0 Å². The Labute approximate surface area is 96.3 Å². The highest BCUT2D eigenvalue weighted by molar-refractivity contribution is 7.98. The van der Waals surface area contributed by atoms with Crippen LogP contribution in [0.25, 0.3) is 0 Å². The maximum Gasteiger partial charge on any atom is 0.158 e. The molecule has 16 heavy (non-hydrogen) atoms. The third-order valence-corrected chi connectivity index (χ3v) is 6.53. The fourth-order valence-electron chi connectivity index (χ4n) is 1.35. The summed E-state index contributed by atoms with van der Waals surface area (Å²) in [7, 11) is -6.56. The van der Waals surface area contributed by atoms with Crippen molar-refractivity contribution in [2.75, 3.05) is 23.9 Å². The van der Waals surface area contributed by atoms with Crippen molar-refractivity contribution in [2.24, 2.45) is 0 Å². The minimum Gasteiger partial charge on any atom is -0.500 e. The lowest BCUT2D eigenvalue weighted by atomic mass is 10.4. The summed E-state index contributed by atoms with van der Waals surface area (Å²) >= 11 is 0. The zero-order valence-corrected chi connectivity index (χ0v) is 11.0. The average molecular weight is 268 g/mol. The van der Waals surface area contributed by atoms with Crippen molar-refractivity contribution in [3.8, 4) is 0 Å². The van der Waals surface area contributed by atoms with E-state index in [-0.39, 0.29) is 23.9 Å². The van der Waals surface area contributed by atoms with E-state index in [1.54, 1.807) is 0 Å². The van der Waals surface area contributed by atoms with Crippen LogP contribution < -0.4 is 0 Å². The molecule has 1 saturated heterocycles. The van der Waals surface area contributed by atoms with Gasteiger partial charge >= 0.3 is 0 Å². The second-order valence-electron chi connectivity index (χ2n) is 4.13. The van der Waals surface area contributed by atoms with Gasteiger partial charge in [0.25, 0.3) is 0 Å². The van der Waals surface area contributed by atoms with Crippen molar-refractivity contribution in [1.82, 2.24) is 0 Å². The molecular formula is C9H16O5S2. The van der Waals surface area contributed by atoms with Crippen LogP contribution in [0.15, 0.2) is 11.8 Å². The van der Waals surface area contributed by atoms with E-state index in [0.717, 1.165) is 5.57 Å². The normalized spacial score (nSPS) is 27.0. The Hall–Kier alpha value is -0.560. The third-order valence-electron chi connectivity index (χ3n) is 2.23. The Kier molecular flexibility index (Phi) is 4.01. The molecule has 1 aliphatic rings. The predicted octanol–water partition coefficient (Wildman–Crippen LogP) is 0.139. The number of sulfone groups is 2. The Morgan fingerprint density at radius 2 is 1.88 bits per heavy atom. The van der Waals surface area contributed by atoms with Gasteiger partial charge in [-0.15, -0.1) is 0 Å². The van der Waals surface area contributed by atoms with Gasteiger partial charge in [0.2, 0.25) is 0 Å². The van der Waals surface area contributed by atoms with Crippen molar-refractivity contribution < 1.29 is 21.6 Å². The van der Waals surface area contributed by atoms with E-state index in [1.807, 2.05) is 13.8 Å². The van der Waals surface area contributed by atoms with E-state index in [1.165, 1.54) is 6.26 Å². The van der Waals surface area contributed by atoms with Crippen LogP contribution in [0.5, 0.6) is 0 Å². The summed E-state index contributed by atoms with van der Waals surface area (Å²) in [6.45, 7) is 3.53. The summed E-state index contributed by atoms with van der Waals surface area (Å²) < 4.78 is 50.8. The summed E-state index contributed by atoms with van der Waals surface area (Å²) in [6, 6.07) is 0. The lowest BCUT2D eigenvalue weighted by Gasteiger charge is -2.21. The fourth-order valence-corrected chi connectivity index (χ4v) is 6.20. The maximum atomic E-state index is 11.6. The maximum absolute atomic E-state index is 11.6. The Morgan fingerprint density at radius 1 is 1.25 bits per heavy atom. The minimum absolute atomic E-state index is 0.0905. The first-order valence-electron chi connectivity index (χ1n) is 4.90. The molecule has 5 nitrogen and oxygen atoms in total. The first-order chi connectivity index (χ1) is 7.23. The Balaban J connectivity index is 2.72. The van der Waals surface area contributed by atoms with Crippen molar-refractivity contribution in [2.45, 2.75) is 19.1 Å². The predicted molar refractivity (Wildman–Crippen MR) is 61.6 cm³/mol. The summed E-state index contributed by atoms with van der Waals surface area (Å²) in [5.74, 6) is -0.890. The van der Waals surface area contributed by atoms with Crippen LogP contribution in [0, 0.1) is 0 Å². The molecule has 94 valence electrons. The molecule has 1 atom stereocenters. The van der Waals surface area contributed by atoms with Crippen LogP contribution >= 0.6 is 0 Å². The molecule has 1 fully saturated rings. The zero-order valence-electron chi connectivity index (χ0n) is 9.34. The average Bonchev–Trinajstić information content (AvgIpc) is 2.11. The molecule has 0 bridgehead atoms. The number of rotatable bonds is 3. The van der Waals surface area contributed by atoms with E-state index in [4.69, 9.17) is 4.74 Å². The standard InChI is InChI=1S/C9H16O5S2/c1-8(2)5-14-6-9-7-15(10,11)3-4-16(9,12)13/h5,9H,3-4,6-7H2,1-2H3. The SMILES string of the molecule is CC(C)=COCC1CS(=O)(=O)CCS1(=O)=O. The lowest BCUT2D eigenvalue weighted by Crippen LogP contribution is -2.42. The van der Waals surface area contributed by atoms with Gasteiger partial charge < -0.3 is 4.74 Å². The highest BCUT2D eigenvalue weighted by Gasteiger charge is 2.37. The zero-order chi connectivity index (χ0) is 12.4. The molecule has 0 spiro atoms. The second kappa shape index (κ2) is 4.75. The molecule has 0 radical (unpaired) electrons. The van der Waals surface area contributed by atoms with Crippen molar-refractivity contribution >= 4 is 19.7 Å². The van der Waals surface area contributed by atoms with Crippen LogP contribution in [-0.2, 0) is 24.4 Å². The van der Waals surface area contributed by atoms with Crippen LogP contribution in [0.3, 0.4) is 0 Å². The molecule has 0 saturated carbocycles. The highest BCUT2D eigenvalue weighted by atomic mass is 32.2. The van der Waals surface area contributed by atoms with Gasteiger partial charge in [0.1, 0.15) is 11.9 Å². The molecular weight excluding hydrogens is 252 g/mol. The molecule has 0 N–H and O–H groups in total. The molecule has 0 aromatic heterocycles. The summed E-state index contributed by atoms with van der Waals surface area (Å²) in [5, 5.41) is -0.929. The Bertz CT molecular complexity index is 468. The van der Waals surface area contributed by atoms with E-state index in [2.05, 4.69) is 0 Å². The minimum atomic E-state index is -3.33. The summed E-state index contributed by atoms with van der Waals surface area (Å²) in [5.41, 5.74) is 0.899. The highest BCUT2D eigenvalue weighted by Crippen LogP contribution is 2.15. The summed E-state index contributed by atoms with van der Waals surface area (Å²) in [6.07, 6.45) is 1.44. The molecule has 1 unspecified atom stereocenters.